The number of hydrogen-bond donors (Lipinski definition) is 1. The van der Waals surface area contributed by atoms with Gasteiger partial charge in [0.25, 0.3) is 0 Å². The number of hydrogen-bond acceptors (Lipinski definition) is 1. The van der Waals surface area contributed by atoms with Crippen LogP contribution in [-0.2, 0) is 6.42 Å². The Morgan fingerprint density at radius 1 is 1.14 bits per heavy atom. The predicted octanol–water partition coefficient (Wildman–Crippen LogP) is 2.18. The Balaban J connectivity index is 1.78. The highest BCUT2D eigenvalue weighted by Gasteiger charge is 2.53. The molecule has 74 valence electrons. The molecule has 0 unspecified atom stereocenters. The van der Waals surface area contributed by atoms with Crippen LogP contribution in [0.25, 0.3) is 0 Å². The molecule has 1 aromatic rings. The fraction of sp³-hybridized carbons (Fsp3) is 0.538. The molecule has 14 heavy (non-hydrogen) atoms. The Kier molecular flexibility index (Phi) is 1.88. The van der Waals surface area contributed by atoms with Gasteiger partial charge < -0.3 is 5.32 Å². The Hall–Kier alpha value is -0.820. The summed E-state index contributed by atoms with van der Waals surface area (Å²) in [7, 11) is 0. The maximum absolute atomic E-state index is 3.44. The van der Waals surface area contributed by atoms with E-state index in [4.69, 9.17) is 0 Å². The van der Waals surface area contributed by atoms with E-state index in [0.717, 1.165) is 24.2 Å². The standard InChI is InChI=1S/C13H17N/c1-2-9-3-5-10(6-4-9)13-11-7-14-8-12(11)13/h3-6,11-14H,2,7-8H2,1H3/t11-,12+,13-. The SMILES string of the molecule is CCc1ccc([C@@H]2[C@@H]3CNC[C@@H]32)cc1. The number of piperidine rings is 1. The summed E-state index contributed by atoms with van der Waals surface area (Å²) in [6.45, 7) is 4.69. The summed E-state index contributed by atoms with van der Waals surface area (Å²) in [5, 5.41) is 3.44. The first kappa shape index (κ1) is 8.49. The smallest absolute Gasteiger partial charge is 0.00111 e. The van der Waals surface area contributed by atoms with Crippen LogP contribution in [0.5, 0.6) is 0 Å². The molecule has 3 rings (SSSR count). The monoisotopic (exact) mass is 187 g/mol. The molecule has 3 atom stereocenters. The van der Waals surface area contributed by atoms with Crippen molar-refractivity contribution < 1.29 is 0 Å². The van der Waals surface area contributed by atoms with Crippen molar-refractivity contribution in [3.63, 3.8) is 0 Å². The van der Waals surface area contributed by atoms with Crippen molar-refractivity contribution >= 4 is 0 Å². The lowest BCUT2D eigenvalue weighted by molar-refractivity contribution is 0.684. The number of fused-ring (bicyclic) bond motifs is 1. The second kappa shape index (κ2) is 3.09. The molecule has 1 aliphatic heterocycles. The van der Waals surface area contributed by atoms with Gasteiger partial charge in [-0.1, -0.05) is 31.2 Å². The van der Waals surface area contributed by atoms with E-state index in [1.165, 1.54) is 18.7 Å². The zero-order valence-corrected chi connectivity index (χ0v) is 8.66. The number of nitrogens with one attached hydrogen (secondary N) is 1. The summed E-state index contributed by atoms with van der Waals surface area (Å²) < 4.78 is 0. The lowest BCUT2D eigenvalue weighted by Crippen LogP contribution is -2.13. The van der Waals surface area contributed by atoms with E-state index in [1.54, 1.807) is 5.56 Å². The molecule has 0 amide bonds. The van der Waals surface area contributed by atoms with Gasteiger partial charge in [0.15, 0.2) is 0 Å². The molecular weight excluding hydrogens is 170 g/mol. The second-order valence-electron chi connectivity index (χ2n) is 4.61. The lowest BCUT2D eigenvalue weighted by atomic mass is 10.0. The molecule has 0 aromatic heterocycles. The van der Waals surface area contributed by atoms with Crippen molar-refractivity contribution in [1.82, 2.24) is 5.32 Å². The van der Waals surface area contributed by atoms with Gasteiger partial charge in [-0.2, -0.15) is 0 Å². The summed E-state index contributed by atoms with van der Waals surface area (Å²) in [4.78, 5) is 0. The largest absolute Gasteiger partial charge is 0.316 e. The third kappa shape index (κ3) is 1.19. The van der Waals surface area contributed by atoms with Crippen molar-refractivity contribution in [2.75, 3.05) is 13.1 Å². The van der Waals surface area contributed by atoms with E-state index in [0.29, 0.717) is 0 Å². The number of aryl methyl sites for hydroxylation is 1. The Bertz CT molecular complexity index is 318. The lowest BCUT2D eigenvalue weighted by Gasteiger charge is -2.05. The molecule has 1 heteroatoms. The van der Waals surface area contributed by atoms with Crippen molar-refractivity contribution in [3.8, 4) is 0 Å². The number of rotatable bonds is 2. The van der Waals surface area contributed by atoms with E-state index in [-0.39, 0.29) is 0 Å². The molecule has 2 fully saturated rings. The van der Waals surface area contributed by atoms with Crippen molar-refractivity contribution in [2.24, 2.45) is 11.8 Å². The first-order valence-electron chi connectivity index (χ1n) is 5.69. The van der Waals surface area contributed by atoms with Crippen molar-refractivity contribution in [1.29, 1.82) is 0 Å². The molecule has 1 nitrogen and oxygen atoms in total. The van der Waals surface area contributed by atoms with Crippen LogP contribution in [0.15, 0.2) is 24.3 Å². The normalized spacial score (nSPS) is 34.2. The van der Waals surface area contributed by atoms with Crippen LogP contribution in [0.4, 0.5) is 0 Å². The molecule has 1 saturated carbocycles. The van der Waals surface area contributed by atoms with Gasteiger partial charge in [0.2, 0.25) is 0 Å². The van der Waals surface area contributed by atoms with E-state index in [9.17, 15) is 0 Å². The van der Waals surface area contributed by atoms with Crippen LogP contribution in [0, 0.1) is 11.8 Å². The Labute approximate surface area is 85.5 Å². The summed E-state index contributed by atoms with van der Waals surface area (Å²) in [5.74, 6) is 2.77. The average Bonchev–Trinajstić information content (AvgIpc) is 2.72. The van der Waals surface area contributed by atoms with Crippen LogP contribution >= 0.6 is 0 Å². The van der Waals surface area contributed by atoms with Crippen LogP contribution < -0.4 is 5.32 Å². The summed E-state index contributed by atoms with van der Waals surface area (Å²) in [5.41, 5.74) is 3.02. The van der Waals surface area contributed by atoms with E-state index in [2.05, 4.69) is 36.5 Å². The molecule has 2 aliphatic rings. The minimum atomic E-state index is 0.877. The topological polar surface area (TPSA) is 12.0 Å². The molecule has 1 heterocycles. The first-order chi connectivity index (χ1) is 6.90. The third-order valence-corrected chi connectivity index (χ3v) is 3.86. The van der Waals surface area contributed by atoms with Gasteiger partial charge in [0, 0.05) is 0 Å². The molecule has 1 N–H and O–H groups in total. The highest BCUT2D eigenvalue weighted by atomic mass is 15.0. The minimum absolute atomic E-state index is 0.877. The molecule has 0 radical (unpaired) electrons. The maximum Gasteiger partial charge on any atom is -0.00111 e. The van der Waals surface area contributed by atoms with Crippen molar-refractivity contribution in [3.05, 3.63) is 35.4 Å². The minimum Gasteiger partial charge on any atom is -0.316 e. The fourth-order valence-corrected chi connectivity index (χ4v) is 2.89. The summed E-state index contributed by atoms with van der Waals surface area (Å²) in [6, 6.07) is 9.25. The van der Waals surface area contributed by atoms with Gasteiger partial charge in [-0.3, -0.25) is 0 Å². The maximum atomic E-state index is 3.44. The highest BCUT2D eigenvalue weighted by Crippen LogP contribution is 2.55. The van der Waals surface area contributed by atoms with Crippen molar-refractivity contribution in [2.45, 2.75) is 19.3 Å². The quantitative estimate of drug-likeness (QED) is 0.748. The Morgan fingerprint density at radius 2 is 1.79 bits per heavy atom. The molecule has 0 bridgehead atoms. The Morgan fingerprint density at radius 3 is 2.36 bits per heavy atom. The average molecular weight is 187 g/mol. The van der Waals surface area contributed by atoms with Gasteiger partial charge in [0.1, 0.15) is 0 Å². The van der Waals surface area contributed by atoms with Crippen LogP contribution in [0.2, 0.25) is 0 Å². The third-order valence-electron chi connectivity index (χ3n) is 3.86. The summed E-state index contributed by atoms with van der Waals surface area (Å²) in [6.07, 6.45) is 1.15. The zero-order valence-electron chi connectivity index (χ0n) is 8.66. The van der Waals surface area contributed by atoms with E-state index >= 15 is 0 Å². The van der Waals surface area contributed by atoms with E-state index < -0.39 is 0 Å². The predicted molar refractivity (Wildman–Crippen MR) is 58.4 cm³/mol. The second-order valence-corrected chi connectivity index (χ2v) is 4.61. The van der Waals surface area contributed by atoms with E-state index in [1.807, 2.05) is 0 Å². The molecular formula is C13H17N. The molecule has 1 aliphatic carbocycles. The highest BCUT2D eigenvalue weighted by molar-refractivity contribution is 5.32. The van der Waals surface area contributed by atoms with Crippen LogP contribution in [-0.4, -0.2) is 13.1 Å². The molecule has 1 aromatic carbocycles. The molecule has 0 spiro atoms. The van der Waals surface area contributed by atoms with Gasteiger partial charge >= 0.3 is 0 Å². The zero-order chi connectivity index (χ0) is 9.54. The van der Waals surface area contributed by atoms with Gasteiger partial charge in [-0.05, 0) is 48.4 Å². The first-order valence-corrected chi connectivity index (χ1v) is 5.69. The summed E-state index contributed by atoms with van der Waals surface area (Å²) >= 11 is 0. The van der Waals surface area contributed by atoms with Gasteiger partial charge in [-0.15, -0.1) is 0 Å². The van der Waals surface area contributed by atoms with Crippen LogP contribution in [0.3, 0.4) is 0 Å². The van der Waals surface area contributed by atoms with Crippen LogP contribution in [0.1, 0.15) is 24.0 Å². The van der Waals surface area contributed by atoms with Gasteiger partial charge in [0.05, 0.1) is 0 Å². The fourth-order valence-electron chi connectivity index (χ4n) is 2.89. The molecule has 1 saturated heterocycles. The number of benzene rings is 1. The van der Waals surface area contributed by atoms with Gasteiger partial charge in [-0.25, -0.2) is 0 Å².